The first-order chi connectivity index (χ1) is 7.70. The lowest BCUT2D eigenvalue weighted by atomic mass is 9.85. The Bertz CT molecular complexity index is 243. The third-order valence-electron chi connectivity index (χ3n) is 3.87. The van der Waals surface area contributed by atoms with Crippen molar-refractivity contribution in [3.05, 3.63) is 0 Å². The Hall–Kier alpha value is -0.610. The van der Waals surface area contributed by atoms with Crippen molar-refractivity contribution < 1.29 is 14.6 Å². The number of ether oxygens (including phenoxy) is 1. The molecule has 92 valence electrons. The lowest BCUT2D eigenvalue weighted by Crippen LogP contribution is -2.51. The van der Waals surface area contributed by atoms with E-state index in [0.717, 1.165) is 45.4 Å². The zero-order valence-electron chi connectivity index (χ0n) is 9.89. The van der Waals surface area contributed by atoms with Gasteiger partial charge in [0.25, 0.3) is 0 Å². The number of carboxylic acid groups (broad SMARTS) is 1. The molecule has 1 aliphatic carbocycles. The molecule has 1 N–H and O–H groups in total. The highest BCUT2D eigenvalue weighted by molar-refractivity contribution is 5.70. The van der Waals surface area contributed by atoms with E-state index in [1.54, 1.807) is 0 Å². The van der Waals surface area contributed by atoms with Crippen molar-refractivity contribution in [3.63, 3.8) is 0 Å². The van der Waals surface area contributed by atoms with Gasteiger partial charge >= 0.3 is 5.97 Å². The van der Waals surface area contributed by atoms with Crippen LogP contribution in [0.5, 0.6) is 0 Å². The summed E-state index contributed by atoms with van der Waals surface area (Å²) in [4.78, 5) is 13.3. The number of hydrogen-bond acceptors (Lipinski definition) is 3. The molecule has 0 aromatic heterocycles. The fraction of sp³-hybridized carbons (Fsp3) is 0.917. The van der Waals surface area contributed by atoms with Crippen LogP contribution in [0.3, 0.4) is 0 Å². The summed E-state index contributed by atoms with van der Waals surface area (Å²) in [5.41, 5.74) is 0. The van der Waals surface area contributed by atoms with E-state index in [1.165, 1.54) is 0 Å². The van der Waals surface area contributed by atoms with Crippen LogP contribution in [-0.4, -0.2) is 47.8 Å². The normalized spacial score (nSPS) is 32.3. The molecule has 0 amide bonds. The van der Waals surface area contributed by atoms with Gasteiger partial charge in [0, 0.05) is 12.6 Å². The Balaban J connectivity index is 1.69. The Morgan fingerprint density at radius 3 is 2.50 bits per heavy atom. The van der Waals surface area contributed by atoms with Gasteiger partial charge in [-0.2, -0.15) is 0 Å². The zero-order valence-corrected chi connectivity index (χ0v) is 9.89. The molecule has 1 saturated heterocycles. The Labute approximate surface area is 96.6 Å². The highest BCUT2D eigenvalue weighted by Crippen LogP contribution is 2.31. The number of likely N-dealkylation sites (tertiary alicyclic amines) is 1. The van der Waals surface area contributed by atoms with Gasteiger partial charge in [0.2, 0.25) is 0 Å². The van der Waals surface area contributed by atoms with E-state index in [1.807, 2.05) is 6.92 Å². The molecule has 1 aliphatic heterocycles. The molecule has 2 fully saturated rings. The van der Waals surface area contributed by atoms with Crippen LogP contribution in [0.25, 0.3) is 0 Å². The molecule has 16 heavy (non-hydrogen) atoms. The number of nitrogens with zero attached hydrogens (tertiary/aromatic N) is 1. The first-order valence-electron chi connectivity index (χ1n) is 6.29. The topological polar surface area (TPSA) is 49.8 Å². The van der Waals surface area contributed by atoms with Crippen molar-refractivity contribution in [2.24, 2.45) is 5.92 Å². The Kier molecular flexibility index (Phi) is 3.82. The number of aliphatic carboxylic acids is 1. The van der Waals surface area contributed by atoms with Crippen LogP contribution in [0.4, 0.5) is 0 Å². The summed E-state index contributed by atoms with van der Waals surface area (Å²) in [6.07, 6.45) is 4.33. The van der Waals surface area contributed by atoms with E-state index in [2.05, 4.69) is 4.90 Å². The lowest BCUT2D eigenvalue weighted by Gasteiger charge is -2.45. The summed E-state index contributed by atoms with van der Waals surface area (Å²) < 4.78 is 5.54. The van der Waals surface area contributed by atoms with Gasteiger partial charge in [-0.3, -0.25) is 4.79 Å². The fourth-order valence-corrected chi connectivity index (χ4v) is 2.72. The van der Waals surface area contributed by atoms with E-state index in [9.17, 15) is 4.79 Å². The number of hydrogen-bond donors (Lipinski definition) is 1. The smallest absolute Gasteiger partial charge is 0.306 e. The SMILES string of the molecule is CCOC1CC(N2CCC(C(=O)O)CC2)C1. The second-order valence-corrected chi connectivity index (χ2v) is 4.85. The average molecular weight is 227 g/mol. The Morgan fingerprint density at radius 2 is 2.00 bits per heavy atom. The van der Waals surface area contributed by atoms with Crippen molar-refractivity contribution in [2.75, 3.05) is 19.7 Å². The molecular weight excluding hydrogens is 206 g/mol. The standard InChI is InChI=1S/C12H21NO3/c1-2-16-11-7-10(8-11)13-5-3-9(4-6-13)12(14)15/h9-11H,2-8H2,1H3,(H,14,15). The highest BCUT2D eigenvalue weighted by atomic mass is 16.5. The van der Waals surface area contributed by atoms with Crippen molar-refractivity contribution in [3.8, 4) is 0 Å². The van der Waals surface area contributed by atoms with Gasteiger partial charge in [-0.05, 0) is 45.7 Å². The number of carboxylic acids is 1. The molecule has 4 heteroatoms. The third-order valence-corrected chi connectivity index (χ3v) is 3.87. The van der Waals surface area contributed by atoms with Crippen molar-refractivity contribution in [1.29, 1.82) is 0 Å². The molecule has 0 bridgehead atoms. The fourth-order valence-electron chi connectivity index (χ4n) is 2.72. The van der Waals surface area contributed by atoms with Crippen molar-refractivity contribution in [1.82, 2.24) is 4.90 Å². The minimum absolute atomic E-state index is 0.112. The third kappa shape index (κ3) is 2.55. The molecule has 0 radical (unpaired) electrons. The molecule has 0 spiro atoms. The van der Waals surface area contributed by atoms with Gasteiger partial charge in [0.1, 0.15) is 0 Å². The monoisotopic (exact) mass is 227 g/mol. The van der Waals surface area contributed by atoms with Gasteiger partial charge < -0.3 is 14.7 Å². The number of rotatable bonds is 4. The minimum Gasteiger partial charge on any atom is -0.481 e. The average Bonchev–Trinajstić information content (AvgIpc) is 2.23. The summed E-state index contributed by atoms with van der Waals surface area (Å²) in [6, 6.07) is 0.645. The largest absolute Gasteiger partial charge is 0.481 e. The molecule has 4 nitrogen and oxygen atoms in total. The van der Waals surface area contributed by atoms with Crippen LogP contribution < -0.4 is 0 Å². The molecule has 0 unspecified atom stereocenters. The molecule has 2 aliphatic rings. The van der Waals surface area contributed by atoms with E-state index in [-0.39, 0.29) is 5.92 Å². The highest BCUT2D eigenvalue weighted by Gasteiger charge is 2.36. The molecule has 2 rings (SSSR count). The van der Waals surface area contributed by atoms with Crippen LogP contribution in [0.2, 0.25) is 0 Å². The van der Waals surface area contributed by atoms with Crippen molar-refractivity contribution in [2.45, 2.75) is 44.8 Å². The van der Waals surface area contributed by atoms with Crippen LogP contribution >= 0.6 is 0 Å². The van der Waals surface area contributed by atoms with Gasteiger partial charge in [0.15, 0.2) is 0 Å². The van der Waals surface area contributed by atoms with Crippen LogP contribution in [0.15, 0.2) is 0 Å². The summed E-state index contributed by atoms with van der Waals surface area (Å²) in [5, 5.41) is 8.91. The van der Waals surface area contributed by atoms with E-state index in [0.29, 0.717) is 12.1 Å². The maximum Gasteiger partial charge on any atom is 0.306 e. The van der Waals surface area contributed by atoms with Crippen molar-refractivity contribution >= 4 is 5.97 Å². The van der Waals surface area contributed by atoms with Crippen LogP contribution in [0.1, 0.15) is 32.6 Å². The molecule has 1 heterocycles. The maximum atomic E-state index is 10.8. The van der Waals surface area contributed by atoms with Crippen LogP contribution in [0, 0.1) is 5.92 Å². The Morgan fingerprint density at radius 1 is 1.38 bits per heavy atom. The van der Waals surface area contributed by atoms with Gasteiger partial charge in [-0.1, -0.05) is 0 Å². The zero-order chi connectivity index (χ0) is 11.5. The second-order valence-electron chi connectivity index (χ2n) is 4.85. The first kappa shape index (κ1) is 11.9. The van der Waals surface area contributed by atoms with Crippen LogP contribution in [-0.2, 0) is 9.53 Å². The van der Waals surface area contributed by atoms with Gasteiger partial charge in [-0.25, -0.2) is 0 Å². The van der Waals surface area contributed by atoms with E-state index >= 15 is 0 Å². The predicted molar refractivity (Wildman–Crippen MR) is 60.4 cm³/mol. The predicted octanol–water partition coefficient (Wildman–Crippen LogP) is 1.35. The first-order valence-corrected chi connectivity index (χ1v) is 6.29. The molecule has 0 atom stereocenters. The molecule has 0 aromatic carbocycles. The summed E-state index contributed by atoms with van der Waals surface area (Å²) in [5.74, 6) is -0.737. The number of carbonyl (C=O) groups is 1. The lowest BCUT2D eigenvalue weighted by molar-refractivity contribution is -0.144. The van der Waals surface area contributed by atoms with E-state index < -0.39 is 5.97 Å². The molecular formula is C12H21NO3. The summed E-state index contributed by atoms with van der Waals surface area (Å²) in [7, 11) is 0. The molecule has 0 aromatic rings. The van der Waals surface area contributed by atoms with E-state index in [4.69, 9.17) is 9.84 Å². The van der Waals surface area contributed by atoms with Gasteiger partial charge in [0.05, 0.1) is 12.0 Å². The van der Waals surface area contributed by atoms with Gasteiger partial charge in [-0.15, -0.1) is 0 Å². The maximum absolute atomic E-state index is 10.8. The quantitative estimate of drug-likeness (QED) is 0.787. The summed E-state index contributed by atoms with van der Waals surface area (Å²) in [6.45, 7) is 4.73. The minimum atomic E-state index is -0.625. The second kappa shape index (κ2) is 5.15. The summed E-state index contributed by atoms with van der Waals surface area (Å²) >= 11 is 0. The number of piperidine rings is 1. The molecule has 1 saturated carbocycles.